The van der Waals surface area contributed by atoms with Gasteiger partial charge in [-0.2, -0.15) is 0 Å². The van der Waals surface area contributed by atoms with Gasteiger partial charge in [-0.05, 0) is 37.5 Å². The molecule has 1 aliphatic carbocycles. The highest BCUT2D eigenvalue weighted by atomic mass is 35.5. The van der Waals surface area contributed by atoms with E-state index in [1.54, 1.807) is 19.0 Å². The maximum Gasteiger partial charge on any atom is 0.232 e. The molecule has 1 aliphatic rings. The molecule has 0 aromatic heterocycles. The Morgan fingerprint density at radius 3 is 2.37 bits per heavy atom. The number of halogens is 1. The number of carbonyl (C=O) groups is 2. The lowest BCUT2D eigenvalue weighted by molar-refractivity contribution is -0.116. The van der Waals surface area contributed by atoms with Gasteiger partial charge in [-0.3, -0.25) is 13.9 Å². The van der Waals surface area contributed by atoms with E-state index in [-0.39, 0.29) is 35.1 Å². The van der Waals surface area contributed by atoms with Gasteiger partial charge >= 0.3 is 0 Å². The third kappa shape index (κ3) is 5.32. The van der Waals surface area contributed by atoms with Crippen LogP contribution in [0.2, 0.25) is 5.02 Å². The van der Waals surface area contributed by atoms with E-state index in [1.165, 1.54) is 28.7 Å². The zero-order valence-corrected chi connectivity index (χ0v) is 17.6. The van der Waals surface area contributed by atoms with Crippen LogP contribution < -0.4 is 4.31 Å². The second-order valence-electron chi connectivity index (χ2n) is 6.97. The Balaban J connectivity index is 2.59. The number of benzene rings is 1. The fourth-order valence-corrected chi connectivity index (χ4v) is 3.96. The molecule has 27 heavy (non-hydrogen) atoms. The second-order valence-corrected chi connectivity index (χ2v) is 9.31. The third-order valence-electron chi connectivity index (χ3n) is 4.15. The summed E-state index contributed by atoms with van der Waals surface area (Å²) >= 11 is 6.08. The van der Waals surface area contributed by atoms with Crippen molar-refractivity contribution in [3.63, 3.8) is 0 Å². The highest BCUT2D eigenvalue weighted by Gasteiger charge is 2.36. The minimum absolute atomic E-state index is 0.0658. The number of Topliss-reactive ketones (excluding diaryl/α,β-unsaturated/α-hetero) is 2. The first-order valence-corrected chi connectivity index (χ1v) is 11.0. The van der Waals surface area contributed by atoms with Crippen molar-refractivity contribution in [2.45, 2.75) is 26.2 Å². The van der Waals surface area contributed by atoms with Crippen LogP contribution in [0.3, 0.4) is 0 Å². The van der Waals surface area contributed by atoms with Crippen LogP contribution in [0.25, 0.3) is 0 Å². The van der Waals surface area contributed by atoms with Crippen molar-refractivity contribution < 1.29 is 18.0 Å². The number of hydrogen-bond donors (Lipinski definition) is 0. The summed E-state index contributed by atoms with van der Waals surface area (Å²) in [6, 6.07) is 4.47. The van der Waals surface area contributed by atoms with Crippen molar-refractivity contribution in [1.82, 2.24) is 4.90 Å². The van der Waals surface area contributed by atoms with Crippen molar-refractivity contribution in [2.24, 2.45) is 5.92 Å². The average molecular weight is 413 g/mol. The number of ketones is 2. The molecule has 0 saturated heterocycles. The lowest BCUT2D eigenvalue weighted by atomic mass is 9.97. The Labute approximate surface area is 165 Å². The molecular weight excluding hydrogens is 388 g/mol. The van der Waals surface area contributed by atoms with E-state index in [4.69, 9.17) is 11.6 Å². The predicted molar refractivity (Wildman–Crippen MR) is 108 cm³/mol. The number of carbonyl (C=O) groups excluding carboxylic acids is 2. The fraction of sp³-hybridized carbons (Fsp3) is 0.474. The van der Waals surface area contributed by atoms with Gasteiger partial charge in [0.15, 0.2) is 11.6 Å². The van der Waals surface area contributed by atoms with Crippen LogP contribution in [-0.4, -0.2) is 51.8 Å². The first-order chi connectivity index (χ1) is 12.6. The molecule has 1 saturated carbocycles. The quantitative estimate of drug-likeness (QED) is 0.269. The molecule has 148 valence electrons. The van der Waals surface area contributed by atoms with Crippen LogP contribution in [-0.2, 0) is 14.8 Å². The molecular formula is C19H25ClN2O4S. The molecule has 0 spiro atoms. The molecule has 0 atom stereocenters. The molecule has 0 amide bonds. The monoisotopic (exact) mass is 412 g/mol. The second kappa shape index (κ2) is 8.44. The minimum atomic E-state index is -3.62. The zero-order chi connectivity index (χ0) is 20.4. The molecule has 0 unspecified atom stereocenters. The van der Waals surface area contributed by atoms with Crippen LogP contribution >= 0.6 is 11.6 Å². The maximum absolute atomic E-state index is 13.2. The first kappa shape index (κ1) is 21.4. The smallest absolute Gasteiger partial charge is 0.232 e. The van der Waals surface area contributed by atoms with Gasteiger partial charge in [-0.1, -0.05) is 18.5 Å². The van der Waals surface area contributed by atoms with Gasteiger partial charge in [-0.25, -0.2) is 8.42 Å². The number of nitrogens with zero attached hydrogens (tertiary/aromatic N) is 2. The van der Waals surface area contributed by atoms with E-state index in [9.17, 15) is 18.0 Å². The van der Waals surface area contributed by atoms with Crippen LogP contribution in [0, 0.1) is 5.92 Å². The molecule has 0 radical (unpaired) electrons. The molecule has 0 bridgehead atoms. The molecule has 2 rings (SSSR count). The topological polar surface area (TPSA) is 74.8 Å². The number of anilines is 1. The highest BCUT2D eigenvalue weighted by Crippen LogP contribution is 2.35. The molecule has 8 heteroatoms. The Morgan fingerprint density at radius 2 is 1.89 bits per heavy atom. The number of sulfonamides is 1. The van der Waals surface area contributed by atoms with Gasteiger partial charge in [0.2, 0.25) is 10.0 Å². The zero-order valence-electron chi connectivity index (χ0n) is 16.0. The molecule has 1 aromatic rings. The van der Waals surface area contributed by atoms with Gasteiger partial charge in [0.25, 0.3) is 0 Å². The number of allylic oxidation sites excluding steroid dienone is 1. The molecule has 0 heterocycles. The standard InChI is InChI=1S/C19H25ClN2O4S/c1-5-10-22(27(4,25)26)17-11-14(20)8-9-15(17)19(24)16(12-21(2)3)18(23)13-6-7-13/h8-9,11-13H,5-7,10H2,1-4H3. The van der Waals surface area contributed by atoms with E-state index in [0.29, 0.717) is 11.4 Å². The van der Waals surface area contributed by atoms with E-state index in [0.717, 1.165) is 19.1 Å². The van der Waals surface area contributed by atoms with Crippen LogP contribution in [0.4, 0.5) is 5.69 Å². The van der Waals surface area contributed by atoms with Crippen molar-refractivity contribution in [3.8, 4) is 0 Å². The summed E-state index contributed by atoms with van der Waals surface area (Å²) in [5.74, 6) is -0.814. The summed E-state index contributed by atoms with van der Waals surface area (Å²) < 4.78 is 25.7. The number of hydrogen-bond acceptors (Lipinski definition) is 5. The highest BCUT2D eigenvalue weighted by molar-refractivity contribution is 7.92. The number of rotatable bonds is 9. The van der Waals surface area contributed by atoms with Gasteiger partial charge in [-0.15, -0.1) is 0 Å². The Hall–Kier alpha value is -1.86. The summed E-state index contributed by atoms with van der Waals surface area (Å²) in [6.07, 6.45) is 4.70. The van der Waals surface area contributed by atoms with Crippen molar-refractivity contribution in [3.05, 3.63) is 40.6 Å². The Morgan fingerprint density at radius 1 is 1.26 bits per heavy atom. The van der Waals surface area contributed by atoms with Crippen LogP contribution in [0.5, 0.6) is 0 Å². The van der Waals surface area contributed by atoms with Gasteiger partial charge in [0, 0.05) is 43.3 Å². The first-order valence-electron chi connectivity index (χ1n) is 8.80. The largest absolute Gasteiger partial charge is 0.383 e. The molecule has 1 fully saturated rings. The lowest BCUT2D eigenvalue weighted by Crippen LogP contribution is -2.32. The molecule has 1 aromatic carbocycles. The Bertz CT molecular complexity index is 874. The summed E-state index contributed by atoms with van der Waals surface area (Å²) in [7, 11) is -0.154. The van der Waals surface area contributed by atoms with E-state index < -0.39 is 15.8 Å². The van der Waals surface area contributed by atoms with E-state index in [2.05, 4.69) is 0 Å². The van der Waals surface area contributed by atoms with Crippen molar-refractivity contribution >= 4 is 38.9 Å². The Kier molecular flexibility index (Phi) is 6.70. The fourth-order valence-electron chi connectivity index (χ4n) is 2.77. The van der Waals surface area contributed by atoms with Crippen molar-refractivity contribution in [2.75, 3.05) is 31.2 Å². The molecule has 0 aliphatic heterocycles. The van der Waals surface area contributed by atoms with E-state index >= 15 is 0 Å². The maximum atomic E-state index is 13.2. The van der Waals surface area contributed by atoms with Gasteiger partial charge < -0.3 is 4.90 Å². The lowest BCUT2D eigenvalue weighted by Gasteiger charge is -2.24. The summed E-state index contributed by atoms with van der Waals surface area (Å²) in [5, 5.41) is 0.318. The summed E-state index contributed by atoms with van der Waals surface area (Å²) in [4.78, 5) is 27.5. The van der Waals surface area contributed by atoms with Gasteiger partial charge in [0.1, 0.15) is 0 Å². The summed E-state index contributed by atoms with van der Waals surface area (Å²) in [5.41, 5.74) is 0.418. The van der Waals surface area contributed by atoms with Crippen molar-refractivity contribution in [1.29, 1.82) is 0 Å². The normalized spacial score (nSPS) is 14.8. The van der Waals surface area contributed by atoms with Gasteiger partial charge in [0.05, 0.1) is 17.5 Å². The minimum Gasteiger partial charge on any atom is -0.383 e. The average Bonchev–Trinajstić information content (AvgIpc) is 3.40. The summed E-state index contributed by atoms with van der Waals surface area (Å²) in [6.45, 7) is 2.06. The molecule has 6 nitrogen and oxygen atoms in total. The third-order valence-corrected chi connectivity index (χ3v) is 5.56. The van der Waals surface area contributed by atoms with Crippen LogP contribution in [0.15, 0.2) is 30.0 Å². The molecule has 0 N–H and O–H groups in total. The van der Waals surface area contributed by atoms with Crippen LogP contribution in [0.1, 0.15) is 36.5 Å². The SMILES string of the molecule is CCCN(c1cc(Cl)ccc1C(=O)C(=CN(C)C)C(=O)C1CC1)S(C)(=O)=O. The predicted octanol–water partition coefficient (Wildman–Crippen LogP) is 3.12. The van der Waals surface area contributed by atoms with E-state index in [1.807, 2.05) is 6.92 Å².